The van der Waals surface area contributed by atoms with Gasteiger partial charge in [0.2, 0.25) is 0 Å². The minimum Gasteiger partial charge on any atom is -0.463 e. The molecule has 2 rings (SSSR count). The lowest BCUT2D eigenvalue weighted by atomic mass is 9.76. The van der Waals surface area contributed by atoms with Gasteiger partial charge < -0.3 is 9.64 Å². The normalized spacial score (nSPS) is 23.1. The lowest BCUT2D eigenvalue weighted by molar-refractivity contribution is -0.137. The molecular weight excluding hydrogens is 286 g/mol. The molecule has 0 saturated heterocycles. The van der Waals surface area contributed by atoms with E-state index in [0.717, 1.165) is 12.8 Å². The Morgan fingerprint density at radius 1 is 1.22 bits per heavy atom. The van der Waals surface area contributed by atoms with Crippen LogP contribution in [0.4, 0.5) is 0 Å². The summed E-state index contributed by atoms with van der Waals surface area (Å²) in [4.78, 5) is 13.8. The van der Waals surface area contributed by atoms with Gasteiger partial charge in [0, 0.05) is 12.1 Å². The Balaban J connectivity index is 1.93. The van der Waals surface area contributed by atoms with Crippen LogP contribution in [0.1, 0.15) is 44.2 Å². The second kappa shape index (κ2) is 8.88. The van der Waals surface area contributed by atoms with E-state index in [2.05, 4.69) is 49.3 Å². The minimum absolute atomic E-state index is 0.218. The molecule has 1 aromatic rings. The molecule has 1 unspecified atom stereocenters. The number of hydrogen-bond donors (Lipinski definition) is 0. The van der Waals surface area contributed by atoms with Crippen LogP contribution in [0, 0.1) is 11.8 Å². The van der Waals surface area contributed by atoms with Crippen molar-refractivity contribution >= 4 is 5.97 Å². The number of nitrogens with zero attached hydrogens (tertiary/aromatic N) is 1. The van der Waals surface area contributed by atoms with Crippen LogP contribution >= 0.6 is 0 Å². The monoisotopic (exact) mass is 315 g/mol. The van der Waals surface area contributed by atoms with Gasteiger partial charge in [0.25, 0.3) is 0 Å². The maximum absolute atomic E-state index is 11.4. The SMILES string of the molecule is CCOC(=O)/C=C/C1CCC(C(c2ccccc2)N(C)C)CC1. The smallest absolute Gasteiger partial charge is 0.330 e. The van der Waals surface area contributed by atoms with E-state index in [-0.39, 0.29) is 5.97 Å². The highest BCUT2D eigenvalue weighted by Gasteiger charge is 2.29. The summed E-state index contributed by atoms with van der Waals surface area (Å²) in [6, 6.07) is 11.3. The Labute approximate surface area is 140 Å². The zero-order valence-corrected chi connectivity index (χ0v) is 14.6. The van der Waals surface area contributed by atoms with E-state index in [0.29, 0.717) is 24.5 Å². The average molecular weight is 315 g/mol. The number of allylic oxidation sites excluding steroid dienone is 1. The maximum atomic E-state index is 11.4. The Morgan fingerprint density at radius 2 is 1.87 bits per heavy atom. The lowest BCUT2D eigenvalue weighted by Crippen LogP contribution is -2.30. The molecular formula is C20H29NO2. The molecule has 3 nitrogen and oxygen atoms in total. The summed E-state index contributed by atoms with van der Waals surface area (Å²) in [6.07, 6.45) is 8.36. The van der Waals surface area contributed by atoms with Crippen molar-refractivity contribution in [1.29, 1.82) is 0 Å². The molecule has 1 aromatic carbocycles. The van der Waals surface area contributed by atoms with Gasteiger partial charge in [-0.25, -0.2) is 4.79 Å². The Kier molecular flexibility index (Phi) is 6.85. The summed E-state index contributed by atoms with van der Waals surface area (Å²) in [6.45, 7) is 2.28. The van der Waals surface area contributed by atoms with Crippen molar-refractivity contribution in [1.82, 2.24) is 4.90 Å². The quantitative estimate of drug-likeness (QED) is 0.581. The molecule has 1 aliphatic rings. The minimum atomic E-state index is -0.218. The fraction of sp³-hybridized carbons (Fsp3) is 0.550. The number of carbonyl (C=O) groups excluding carboxylic acids is 1. The first kappa shape index (κ1) is 17.7. The topological polar surface area (TPSA) is 29.5 Å². The standard InChI is InChI=1S/C20H29NO2/c1-4-23-19(22)15-12-16-10-13-18(14-11-16)20(21(2)3)17-8-6-5-7-9-17/h5-9,12,15-16,18,20H,4,10-11,13-14H2,1-3H3/b15-12+. The number of hydrogen-bond acceptors (Lipinski definition) is 3. The number of carbonyl (C=O) groups is 1. The second-order valence-corrected chi connectivity index (χ2v) is 6.61. The van der Waals surface area contributed by atoms with Crippen molar-refractivity contribution in [3.8, 4) is 0 Å². The van der Waals surface area contributed by atoms with Gasteiger partial charge in [-0.3, -0.25) is 0 Å². The van der Waals surface area contributed by atoms with Crippen LogP contribution in [-0.4, -0.2) is 31.6 Å². The van der Waals surface area contributed by atoms with Gasteiger partial charge >= 0.3 is 5.97 Å². The molecule has 1 saturated carbocycles. The van der Waals surface area contributed by atoms with Crippen LogP contribution in [-0.2, 0) is 9.53 Å². The molecule has 0 amide bonds. The Morgan fingerprint density at radius 3 is 2.43 bits per heavy atom. The van der Waals surface area contributed by atoms with Crippen molar-refractivity contribution in [2.45, 2.75) is 38.6 Å². The largest absolute Gasteiger partial charge is 0.463 e. The van der Waals surface area contributed by atoms with Crippen LogP contribution < -0.4 is 0 Å². The number of benzene rings is 1. The highest BCUT2D eigenvalue weighted by molar-refractivity contribution is 5.81. The summed E-state index contributed by atoms with van der Waals surface area (Å²) >= 11 is 0. The van der Waals surface area contributed by atoms with Crippen molar-refractivity contribution in [2.24, 2.45) is 11.8 Å². The summed E-state index contributed by atoms with van der Waals surface area (Å²) in [5, 5.41) is 0. The van der Waals surface area contributed by atoms with E-state index >= 15 is 0 Å². The molecule has 0 aromatic heterocycles. The van der Waals surface area contributed by atoms with Crippen LogP contribution in [0.5, 0.6) is 0 Å². The van der Waals surface area contributed by atoms with Gasteiger partial charge in [-0.05, 0) is 64.1 Å². The summed E-state index contributed by atoms with van der Waals surface area (Å²) in [5.41, 5.74) is 1.41. The Hall–Kier alpha value is -1.61. The lowest BCUT2D eigenvalue weighted by Gasteiger charge is -2.37. The van der Waals surface area contributed by atoms with Gasteiger partial charge in [0.05, 0.1) is 6.61 Å². The first-order chi connectivity index (χ1) is 11.1. The molecule has 1 atom stereocenters. The third kappa shape index (κ3) is 5.21. The van der Waals surface area contributed by atoms with E-state index in [1.807, 2.05) is 13.0 Å². The molecule has 1 aliphatic carbocycles. The molecule has 0 radical (unpaired) electrons. The second-order valence-electron chi connectivity index (χ2n) is 6.61. The van der Waals surface area contributed by atoms with Crippen molar-refractivity contribution < 1.29 is 9.53 Å². The van der Waals surface area contributed by atoms with E-state index in [1.165, 1.54) is 18.4 Å². The van der Waals surface area contributed by atoms with Gasteiger partial charge in [-0.1, -0.05) is 36.4 Å². The highest BCUT2D eigenvalue weighted by Crippen LogP contribution is 2.39. The van der Waals surface area contributed by atoms with Crippen molar-refractivity contribution in [3.05, 3.63) is 48.0 Å². The first-order valence-corrected chi connectivity index (χ1v) is 8.68. The molecule has 0 aliphatic heterocycles. The predicted octanol–water partition coefficient (Wildman–Crippen LogP) is 4.22. The average Bonchev–Trinajstić information content (AvgIpc) is 2.55. The molecule has 126 valence electrons. The number of ether oxygens (including phenoxy) is 1. The maximum Gasteiger partial charge on any atom is 0.330 e. The number of rotatable bonds is 6. The third-order valence-electron chi connectivity index (χ3n) is 4.75. The fourth-order valence-corrected chi connectivity index (χ4v) is 3.70. The Bertz CT molecular complexity index is 502. The molecule has 0 bridgehead atoms. The van der Waals surface area contributed by atoms with Crippen molar-refractivity contribution in [3.63, 3.8) is 0 Å². The van der Waals surface area contributed by atoms with Crippen molar-refractivity contribution in [2.75, 3.05) is 20.7 Å². The van der Waals surface area contributed by atoms with E-state index in [1.54, 1.807) is 6.08 Å². The highest BCUT2D eigenvalue weighted by atomic mass is 16.5. The number of esters is 1. The zero-order valence-electron chi connectivity index (χ0n) is 14.6. The van der Waals surface area contributed by atoms with E-state index in [9.17, 15) is 4.79 Å². The van der Waals surface area contributed by atoms with Gasteiger partial charge in [0.15, 0.2) is 0 Å². The van der Waals surface area contributed by atoms with E-state index < -0.39 is 0 Å². The summed E-state index contributed by atoms with van der Waals surface area (Å²) in [7, 11) is 4.34. The first-order valence-electron chi connectivity index (χ1n) is 8.68. The van der Waals surface area contributed by atoms with Crippen LogP contribution in [0.2, 0.25) is 0 Å². The summed E-state index contributed by atoms with van der Waals surface area (Å²) < 4.78 is 4.95. The zero-order chi connectivity index (χ0) is 16.7. The summed E-state index contributed by atoms with van der Waals surface area (Å²) in [5.74, 6) is 0.971. The van der Waals surface area contributed by atoms with Gasteiger partial charge in [0.1, 0.15) is 0 Å². The molecule has 0 spiro atoms. The van der Waals surface area contributed by atoms with Gasteiger partial charge in [-0.15, -0.1) is 0 Å². The van der Waals surface area contributed by atoms with E-state index in [4.69, 9.17) is 4.74 Å². The predicted molar refractivity (Wildman–Crippen MR) is 94.1 cm³/mol. The molecule has 0 N–H and O–H groups in total. The molecule has 3 heteroatoms. The molecule has 23 heavy (non-hydrogen) atoms. The molecule has 1 fully saturated rings. The van der Waals surface area contributed by atoms with Crippen LogP contribution in [0.3, 0.4) is 0 Å². The van der Waals surface area contributed by atoms with Crippen LogP contribution in [0.25, 0.3) is 0 Å². The van der Waals surface area contributed by atoms with Crippen LogP contribution in [0.15, 0.2) is 42.5 Å². The molecule has 0 heterocycles. The third-order valence-corrected chi connectivity index (χ3v) is 4.75. The van der Waals surface area contributed by atoms with Gasteiger partial charge in [-0.2, -0.15) is 0 Å². The fourth-order valence-electron chi connectivity index (χ4n) is 3.70.